The maximum absolute atomic E-state index is 12.5. The molecule has 2 aromatic heterocycles. The zero-order valence-corrected chi connectivity index (χ0v) is 13.3. The Hall–Kier alpha value is -2.40. The highest BCUT2D eigenvalue weighted by molar-refractivity contribution is 7.21. The Morgan fingerprint density at radius 1 is 1.23 bits per heavy atom. The molecular weight excluding hydrogens is 294 g/mol. The van der Waals surface area contributed by atoms with E-state index >= 15 is 0 Å². The number of carbonyl (C=O) groups is 1. The van der Waals surface area contributed by atoms with Crippen molar-refractivity contribution in [2.75, 3.05) is 5.73 Å². The van der Waals surface area contributed by atoms with Gasteiger partial charge in [-0.25, -0.2) is 4.98 Å². The molecule has 0 fully saturated rings. The standard InChI is InChI=1S/C17H17N3OS/c1-10-8-9-13-14(18)15(22-17(13)19-10)16(21)20-11(2)12-6-4-3-5-7-12/h3-9,11H,18H2,1-2H3,(H,20,21). The van der Waals surface area contributed by atoms with Crippen molar-refractivity contribution in [3.8, 4) is 0 Å². The number of nitrogens with two attached hydrogens (primary N) is 1. The average Bonchev–Trinajstić information content (AvgIpc) is 2.84. The first-order chi connectivity index (χ1) is 10.6. The van der Waals surface area contributed by atoms with Crippen molar-refractivity contribution >= 4 is 33.1 Å². The van der Waals surface area contributed by atoms with Crippen LogP contribution in [0.3, 0.4) is 0 Å². The largest absolute Gasteiger partial charge is 0.397 e. The summed E-state index contributed by atoms with van der Waals surface area (Å²) in [4.78, 5) is 18.3. The number of nitrogens with zero attached hydrogens (tertiary/aromatic N) is 1. The normalized spacial score (nSPS) is 12.3. The quantitative estimate of drug-likeness (QED) is 0.775. The summed E-state index contributed by atoms with van der Waals surface area (Å²) in [7, 11) is 0. The first-order valence-corrected chi connectivity index (χ1v) is 7.89. The summed E-state index contributed by atoms with van der Waals surface area (Å²) in [6.07, 6.45) is 0. The number of fused-ring (bicyclic) bond motifs is 1. The van der Waals surface area contributed by atoms with Crippen LogP contribution in [0.4, 0.5) is 5.69 Å². The van der Waals surface area contributed by atoms with Crippen LogP contribution in [0.1, 0.15) is 33.9 Å². The number of aromatic nitrogens is 1. The van der Waals surface area contributed by atoms with E-state index in [0.29, 0.717) is 10.6 Å². The molecule has 1 aromatic carbocycles. The van der Waals surface area contributed by atoms with Crippen molar-refractivity contribution in [3.05, 3.63) is 58.6 Å². The van der Waals surface area contributed by atoms with Crippen LogP contribution in [0, 0.1) is 6.92 Å². The summed E-state index contributed by atoms with van der Waals surface area (Å²) >= 11 is 1.34. The van der Waals surface area contributed by atoms with Gasteiger partial charge in [0.15, 0.2) is 0 Å². The molecule has 0 aliphatic carbocycles. The zero-order chi connectivity index (χ0) is 15.7. The first-order valence-electron chi connectivity index (χ1n) is 7.07. The van der Waals surface area contributed by atoms with Crippen LogP contribution < -0.4 is 11.1 Å². The molecule has 0 bridgehead atoms. The van der Waals surface area contributed by atoms with Gasteiger partial charge in [0.05, 0.1) is 11.7 Å². The molecule has 0 radical (unpaired) electrons. The molecule has 1 atom stereocenters. The van der Waals surface area contributed by atoms with E-state index in [0.717, 1.165) is 21.5 Å². The third-order valence-corrected chi connectivity index (χ3v) is 4.70. The van der Waals surface area contributed by atoms with Gasteiger partial charge in [-0.15, -0.1) is 11.3 Å². The minimum atomic E-state index is -0.158. The van der Waals surface area contributed by atoms with Crippen LogP contribution in [0.25, 0.3) is 10.2 Å². The summed E-state index contributed by atoms with van der Waals surface area (Å²) < 4.78 is 0. The van der Waals surface area contributed by atoms with E-state index in [2.05, 4.69) is 10.3 Å². The van der Waals surface area contributed by atoms with Crippen LogP contribution >= 0.6 is 11.3 Å². The van der Waals surface area contributed by atoms with Gasteiger partial charge in [0.2, 0.25) is 0 Å². The number of aryl methyl sites for hydroxylation is 1. The highest BCUT2D eigenvalue weighted by Crippen LogP contribution is 2.32. The van der Waals surface area contributed by atoms with Crippen LogP contribution in [0.2, 0.25) is 0 Å². The van der Waals surface area contributed by atoms with Crippen molar-refractivity contribution in [2.45, 2.75) is 19.9 Å². The van der Waals surface area contributed by atoms with E-state index in [4.69, 9.17) is 5.73 Å². The maximum Gasteiger partial charge on any atom is 0.264 e. The van der Waals surface area contributed by atoms with Crippen LogP contribution in [-0.2, 0) is 0 Å². The number of thiophene rings is 1. The number of carbonyl (C=O) groups excluding carboxylic acids is 1. The molecule has 5 heteroatoms. The van der Waals surface area contributed by atoms with Gasteiger partial charge in [-0.1, -0.05) is 30.3 Å². The second-order valence-corrected chi connectivity index (χ2v) is 6.26. The lowest BCUT2D eigenvalue weighted by molar-refractivity contribution is 0.0945. The highest BCUT2D eigenvalue weighted by Gasteiger charge is 2.19. The molecule has 1 amide bonds. The van der Waals surface area contributed by atoms with Gasteiger partial charge >= 0.3 is 0 Å². The van der Waals surface area contributed by atoms with Gasteiger partial charge in [0, 0.05) is 11.1 Å². The van der Waals surface area contributed by atoms with Crippen molar-refractivity contribution in [2.24, 2.45) is 0 Å². The molecule has 1 unspecified atom stereocenters. The van der Waals surface area contributed by atoms with Crippen molar-refractivity contribution in [1.29, 1.82) is 0 Å². The first kappa shape index (κ1) is 14.5. The minimum Gasteiger partial charge on any atom is -0.397 e. The Balaban J connectivity index is 1.88. The number of nitrogens with one attached hydrogen (secondary N) is 1. The van der Waals surface area contributed by atoms with Gasteiger partial charge in [0.25, 0.3) is 5.91 Å². The highest BCUT2D eigenvalue weighted by atomic mass is 32.1. The van der Waals surface area contributed by atoms with E-state index in [1.54, 1.807) is 0 Å². The van der Waals surface area contributed by atoms with Crippen molar-refractivity contribution in [3.63, 3.8) is 0 Å². The summed E-state index contributed by atoms with van der Waals surface area (Å²) in [5, 5.41) is 3.83. The van der Waals surface area contributed by atoms with E-state index in [1.165, 1.54) is 11.3 Å². The fourth-order valence-corrected chi connectivity index (χ4v) is 3.39. The summed E-state index contributed by atoms with van der Waals surface area (Å²) in [5.41, 5.74) is 8.59. The van der Waals surface area contributed by atoms with E-state index < -0.39 is 0 Å². The summed E-state index contributed by atoms with van der Waals surface area (Å²) in [6.45, 7) is 3.88. The number of hydrogen-bond acceptors (Lipinski definition) is 4. The number of pyridine rings is 1. The Morgan fingerprint density at radius 2 is 1.95 bits per heavy atom. The van der Waals surface area contributed by atoms with Crippen LogP contribution in [0.15, 0.2) is 42.5 Å². The molecule has 22 heavy (non-hydrogen) atoms. The molecule has 2 heterocycles. The van der Waals surface area contributed by atoms with Crippen LogP contribution in [0.5, 0.6) is 0 Å². The number of nitrogen functional groups attached to an aromatic ring is 1. The van der Waals surface area contributed by atoms with E-state index in [-0.39, 0.29) is 11.9 Å². The zero-order valence-electron chi connectivity index (χ0n) is 12.5. The van der Waals surface area contributed by atoms with Gasteiger partial charge < -0.3 is 11.1 Å². The lowest BCUT2D eigenvalue weighted by Crippen LogP contribution is -2.26. The van der Waals surface area contributed by atoms with E-state index in [1.807, 2.05) is 56.3 Å². The summed E-state index contributed by atoms with van der Waals surface area (Å²) in [5.74, 6) is -0.158. The molecule has 0 spiro atoms. The molecule has 112 valence electrons. The smallest absolute Gasteiger partial charge is 0.264 e. The fourth-order valence-electron chi connectivity index (χ4n) is 2.35. The topological polar surface area (TPSA) is 68.0 Å². The Labute approximate surface area is 133 Å². The number of anilines is 1. The molecule has 0 aliphatic heterocycles. The molecule has 3 rings (SSSR count). The third-order valence-electron chi connectivity index (χ3n) is 3.59. The lowest BCUT2D eigenvalue weighted by atomic mass is 10.1. The Morgan fingerprint density at radius 3 is 2.68 bits per heavy atom. The number of amides is 1. The van der Waals surface area contributed by atoms with Gasteiger partial charge in [-0.2, -0.15) is 0 Å². The second-order valence-electron chi connectivity index (χ2n) is 5.26. The fraction of sp³-hybridized carbons (Fsp3) is 0.176. The molecule has 3 N–H and O–H groups in total. The predicted molar refractivity (Wildman–Crippen MR) is 91.1 cm³/mol. The van der Waals surface area contributed by atoms with Gasteiger partial charge in [-0.3, -0.25) is 4.79 Å². The predicted octanol–water partition coefficient (Wildman–Crippen LogP) is 3.68. The minimum absolute atomic E-state index is 0.0759. The maximum atomic E-state index is 12.5. The monoisotopic (exact) mass is 311 g/mol. The SMILES string of the molecule is Cc1ccc2c(N)c(C(=O)NC(C)c3ccccc3)sc2n1. The number of benzene rings is 1. The van der Waals surface area contributed by atoms with Gasteiger partial charge in [0.1, 0.15) is 9.71 Å². The molecule has 0 saturated carbocycles. The van der Waals surface area contributed by atoms with Crippen molar-refractivity contribution < 1.29 is 4.79 Å². The second kappa shape index (κ2) is 5.77. The summed E-state index contributed by atoms with van der Waals surface area (Å²) in [6, 6.07) is 13.6. The van der Waals surface area contributed by atoms with E-state index in [9.17, 15) is 4.79 Å². The van der Waals surface area contributed by atoms with Gasteiger partial charge in [-0.05, 0) is 31.5 Å². The molecule has 3 aromatic rings. The molecular formula is C17H17N3OS. The molecule has 0 saturated heterocycles. The lowest BCUT2D eigenvalue weighted by Gasteiger charge is -2.13. The number of rotatable bonds is 3. The Kier molecular flexibility index (Phi) is 3.81. The molecule has 4 nitrogen and oxygen atoms in total. The van der Waals surface area contributed by atoms with Crippen molar-refractivity contribution in [1.82, 2.24) is 10.3 Å². The Bertz CT molecular complexity index is 827. The third kappa shape index (κ3) is 2.67. The average molecular weight is 311 g/mol. The van der Waals surface area contributed by atoms with Crippen LogP contribution in [-0.4, -0.2) is 10.9 Å². The molecule has 0 aliphatic rings. The number of hydrogen-bond donors (Lipinski definition) is 2.